The van der Waals surface area contributed by atoms with Crippen molar-refractivity contribution >= 4 is 11.8 Å². The number of carbonyl (C=O) groups excluding carboxylic acids is 1. The molecule has 2 aromatic carbocycles. The van der Waals surface area contributed by atoms with Gasteiger partial charge in [0.15, 0.2) is 0 Å². The lowest BCUT2D eigenvalue weighted by molar-refractivity contribution is -0.111. The van der Waals surface area contributed by atoms with Gasteiger partial charge in [0.25, 0.3) is 0 Å². The molecule has 1 fully saturated rings. The molecular weight excluding hydrogens is 409 g/mol. The Balaban J connectivity index is 1.49. The summed E-state index contributed by atoms with van der Waals surface area (Å²) >= 11 is 0. The topological polar surface area (TPSA) is 62.8 Å². The zero-order valence-corrected chi connectivity index (χ0v) is 18.9. The number of anilines is 1. The minimum absolute atomic E-state index is 0.0397. The van der Waals surface area contributed by atoms with Gasteiger partial charge in [-0.25, -0.2) is 9.18 Å². The first kappa shape index (κ1) is 22.6. The van der Waals surface area contributed by atoms with Crippen molar-refractivity contribution in [3.05, 3.63) is 65.0 Å². The second kappa shape index (κ2) is 9.88. The predicted molar refractivity (Wildman–Crippen MR) is 122 cm³/mol. The maximum Gasteiger partial charge on any atom is 0.407 e. The molecule has 32 heavy (non-hydrogen) atoms. The van der Waals surface area contributed by atoms with E-state index in [4.69, 9.17) is 9.47 Å². The van der Waals surface area contributed by atoms with Crippen LogP contribution >= 0.6 is 0 Å². The average molecular weight is 442 g/mol. The highest BCUT2D eigenvalue weighted by molar-refractivity contribution is 5.67. The SMILES string of the molecule is Cc1cc(F)c2c(c1)[C@H]1O[C@@H](COC(=O)NCCN(C)C)CC[C@H]1[C@H](c1ccccc1)N2. The van der Waals surface area contributed by atoms with Crippen LogP contribution in [0, 0.1) is 18.7 Å². The summed E-state index contributed by atoms with van der Waals surface area (Å²) < 4.78 is 26.8. The molecule has 0 bridgehead atoms. The van der Waals surface area contributed by atoms with Crippen molar-refractivity contribution in [3.8, 4) is 0 Å². The molecule has 2 aromatic rings. The number of benzene rings is 2. The smallest absolute Gasteiger partial charge is 0.407 e. The van der Waals surface area contributed by atoms with E-state index in [1.807, 2.05) is 50.2 Å². The van der Waals surface area contributed by atoms with Crippen LogP contribution in [0.15, 0.2) is 42.5 Å². The third-order valence-corrected chi connectivity index (χ3v) is 6.24. The Morgan fingerprint density at radius 3 is 2.78 bits per heavy atom. The molecule has 2 aliphatic heterocycles. The van der Waals surface area contributed by atoms with Gasteiger partial charge in [-0.05, 0) is 51.1 Å². The fraction of sp³-hybridized carbons (Fsp3) is 0.480. The number of amides is 1. The molecule has 6 nitrogen and oxygen atoms in total. The fourth-order valence-corrected chi connectivity index (χ4v) is 4.67. The zero-order valence-electron chi connectivity index (χ0n) is 18.9. The van der Waals surface area contributed by atoms with E-state index in [1.54, 1.807) is 6.07 Å². The Morgan fingerprint density at radius 2 is 2.03 bits per heavy atom. The van der Waals surface area contributed by atoms with Gasteiger partial charge < -0.3 is 25.0 Å². The van der Waals surface area contributed by atoms with Gasteiger partial charge in [0, 0.05) is 24.6 Å². The number of likely N-dealkylation sites (N-methyl/N-ethyl adjacent to an activating group) is 1. The first-order valence-corrected chi connectivity index (χ1v) is 11.2. The summed E-state index contributed by atoms with van der Waals surface area (Å²) in [5.41, 5.74) is 3.34. The lowest BCUT2D eigenvalue weighted by Gasteiger charge is -2.45. The van der Waals surface area contributed by atoms with Crippen molar-refractivity contribution in [2.24, 2.45) is 5.92 Å². The Morgan fingerprint density at radius 1 is 1.25 bits per heavy atom. The lowest BCUT2D eigenvalue weighted by atomic mass is 9.76. The highest BCUT2D eigenvalue weighted by Crippen LogP contribution is 2.51. The maximum atomic E-state index is 14.9. The molecule has 2 aliphatic rings. The van der Waals surface area contributed by atoms with Gasteiger partial charge in [0.05, 0.1) is 23.9 Å². The number of rotatable bonds is 6. The molecule has 2 heterocycles. The number of hydrogen-bond donors (Lipinski definition) is 2. The highest BCUT2D eigenvalue weighted by Gasteiger charge is 2.43. The van der Waals surface area contributed by atoms with Gasteiger partial charge in [0.2, 0.25) is 0 Å². The first-order chi connectivity index (χ1) is 15.4. The van der Waals surface area contributed by atoms with E-state index in [0.717, 1.165) is 36.1 Å². The van der Waals surface area contributed by atoms with Crippen LogP contribution in [0.2, 0.25) is 0 Å². The summed E-state index contributed by atoms with van der Waals surface area (Å²) in [6.45, 7) is 3.35. The molecule has 0 saturated carbocycles. The van der Waals surface area contributed by atoms with E-state index in [9.17, 15) is 9.18 Å². The Kier molecular flexibility index (Phi) is 6.96. The second-order valence-electron chi connectivity index (χ2n) is 8.99. The van der Waals surface area contributed by atoms with E-state index in [-0.39, 0.29) is 36.6 Å². The van der Waals surface area contributed by atoms with Crippen LogP contribution in [0.3, 0.4) is 0 Å². The van der Waals surface area contributed by atoms with Crippen LogP contribution in [-0.2, 0) is 9.47 Å². The lowest BCUT2D eigenvalue weighted by Crippen LogP contribution is -2.41. The van der Waals surface area contributed by atoms with E-state index in [0.29, 0.717) is 12.2 Å². The first-order valence-electron chi connectivity index (χ1n) is 11.2. The monoisotopic (exact) mass is 441 g/mol. The molecule has 4 atom stereocenters. The molecule has 1 saturated heterocycles. The Bertz CT molecular complexity index is 938. The third-order valence-electron chi connectivity index (χ3n) is 6.24. The van der Waals surface area contributed by atoms with Crippen molar-refractivity contribution in [1.29, 1.82) is 0 Å². The van der Waals surface area contributed by atoms with Gasteiger partial charge >= 0.3 is 6.09 Å². The van der Waals surface area contributed by atoms with Crippen molar-refractivity contribution in [2.45, 2.75) is 38.0 Å². The van der Waals surface area contributed by atoms with Crippen LogP contribution in [0.4, 0.5) is 14.9 Å². The number of hydrogen-bond acceptors (Lipinski definition) is 5. The Hall–Kier alpha value is -2.64. The molecule has 0 radical (unpaired) electrons. The fourth-order valence-electron chi connectivity index (χ4n) is 4.67. The normalized spacial score (nSPS) is 24.3. The molecule has 0 aliphatic carbocycles. The average Bonchev–Trinajstić information content (AvgIpc) is 2.77. The van der Waals surface area contributed by atoms with Crippen molar-refractivity contribution in [2.75, 3.05) is 39.1 Å². The van der Waals surface area contributed by atoms with Crippen LogP contribution in [0.1, 0.15) is 41.7 Å². The third kappa shape index (κ3) is 5.05. The molecule has 7 heteroatoms. The number of halogens is 1. The van der Waals surface area contributed by atoms with Crippen molar-refractivity contribution in [1.82, 2.24) is 10.2 Å². The van der Waals surface area contributed by atoms with Gasteiger partial charge in [-0.2, -0.15) is 0 Å². The number of fused-ring (bicyclic) bond motifs is 3. The minimum Gasteiger partial charge on any atom is -0.447 e. The van der Waals surface area contributed by atoms with E-state index in [1.165, 1.54) is 0 Å². The summed E-state index contributed by atoms with van der Waals surface area (Å²) in [5.74, 6) is -0.0992. The van der Waals surface area contributed by atoms with E-state index < -0.39 is 6.09 Å². The predicted octanol–water partition coefficient (Wildman–Crippen LogP) is 4.43. The summed E-state index contributed by atoms with van der Waals surface area (Å²) in [7, 11) is 3.90. The van der Waals surface area contributed by atoms with Crippen LogP contribution in [0.5, 0.6) is 0 Å². The molecular formula is C25H32FN3O3. The maximum absolute atomic E-state index is 14.9. The molecule has 2 N–H and O–H groups in total. The molecule has 0 spiro atoms. The van der Waals surface area contributed by atoms with Crippen LogP contribution in [0.25, 0.3) is 0 Å². The van der Waals surface area contributed by atoms with Gasteiger partial charge in [-0.1, -0.05) is 36.4 Å². The number of ether oxygens (including phenoxy) is 2. The highest BCUT2D eigenvalue weighted by atomic mass is 19.1. The van der Waals surface area contributed by atoms with Gasteiger partial charge in [0.1, 0.15) is 12.4 Å². The number of carbonyl (C=O) groups is 1. The van der Waals surface area contributed by atoms with E-state index >= 15 is 0 Å². The number of nitrogens with one attached hydrogen (secondary N) is 2. The Labute approximate surface area is 189 Å². The summed E-state index contributed by atoms with van der Waals surface area (Å²) in [6, 6.07) is 13.6. The molecule has 1 amide bonds. The molecule has 0 unspecified atom stereocenters. The standard InChI is InChI=1S/C25H32FN3O3/c1-16-13-20-23(21(26)14-16)28-22(17-7-5-4-6-8-17)19-10-9-18(32-24(19)20)15-31-25(30)27-11-12-29(2)3/h4-8,13-14,18-19,22,24,28H,9-12,15H2,1-3H3,(H,27,30)/t18-,19+,22+,24+/m1/s1. The molecule has 0 aromatic heterocycles. The number of alkyl carbamates (subject to hydrolysis) is 1. The quantitative estimate of drug-likeness (QED) is 0.695. The summed E-state index contributed by atoms with van der Waals surface area (Å²) in [5, 5.41) is 6.20. The second-order valence-corrected chi connectivity index (χ2v) is 8.99. The summed E-state index contributed by atoms with van der Waals surface area (Å²) in [4.78, 5) is 14.0. The number of aryl methyl sites for hydroxylation is 1. The van der Waals surface area contributed by atoms with Crippen LogP contribution < -0.4 is 10.6 Å². The van der Waals surface area contributed by atoms with Crippen molar-refractivity contribution < 1.29 is 18.7 Å². The van der Waals surface area contributed by atoms with Crippen molar-refractivity contribution in [3.63, 3.8) is 0 Å². The van der Waals surface area contributed by atoms with E-state index in [2.05, 4.69) is 22.8 Å². The van der Waals surface area contributed by atoms with Gasteiger partial charge in [-0.3, -0.25) is 0 Å². The number of nitrogens with zero attached hydrogens (tertiary/aromatic N) is 1. The minimum atomic E-state index is -0.438. The van der Waals surface area contributed by atoms with Gasteiger partial charge in [-0.15, -0.1) is 0 Å². The summed E-state index contributed by atoms with van der Waals surface area (Å²) in [6.07, 6.45) is 0.752. The zero-order chi connectivity index (χ0) is 22.7. The largest absolute Gasteiger partial charge is 0.447 e. The molecule has 4 rings (SSSR count). The molecule has 172 valence electrons. The van der Waals surface area contributed by atoms with Crippen LogP contribution in [-0.4, -0.2) is 50.9 Å².